The summed E-state index contributed by atoms with van der Waals surface area (Å²) in [5.74, 6) is 1.67. The molecule has 1 aliphatic heterocycles. The Balaban J connectivity index is 1.58. The predicted molar refractivity (Wildman–Crippen MR) is 65.1 cm³/mol. The summed E-state index contributed by atoms with van der Waals surface area (Å²) in [6, 6.07) is 8.63. The molecule has 0 radical (unpaired) electrons. The highest BCUT2D eigenvalue weighted by atomic mass is 32.2. The van der Waals surface area contributed by atoms with E-state index in [0.717, 1.165) is 19.4 Å². The maximum absolute atomic E-state index is 10.7. The lowest BCUT2D eigenvalue weighted by Crippen LogP contribution is -2.17. The van der Waals surface area contributed by atoms with Crippen LogP contribution in [0.4, 0.5) is 0 Å². The fraction of sp³-hybridized carbons (Fsp3) is 0.462. The molecule has 2 unspecified atom stereocenters. The van der Waals surface area contributed by atoms with E-state index >= 15 is 0 Å². The summed E-state index contributed by atoms with van der Waals surface area (Å²) in [5.41, 5.74) is 1.30. The van der Waals surface area contributed by atoms with Crippen LogP contribution in [0.3, 0.4) is 0 Å². The molecule has 0 bridgehead atoms. The smallest absolute Gasteiger partial charge is 0.123 e. The quantitative estimate of drug-likeness (QED) is 0.590. The summed E-state index contributed by atoms with van der Waals surface area (Å²) >= 11 is 1.82. The van der Waals surface area contributed by atoms with Crippen molar-refractivity contribution < 1.29 is 4.79 Å². The van der Waals surface area contributed by atoms with Gasteiger partial charge in [-0.2, -0.15) is 0 Å². The number of nitrogens with zero attached hydrogens (tertiary/aromatic N) is 1. The van der Waals surface area contributed by atoms with Crippen molar-refractivity contribution in [3.63, 3.8) is 0 Å². The normalized spacial score (nSPS) is 32.4. The fourth-order valence-corrected chi connectivity index (χ4v) is 3.61. The molecule has 0 amide bonds. The molecule has 2 fully saturated rings. The van der Waals surface area contributed by atoms with Crippen molar-refractivity contribution in [2.75, 3.05) is 13.1 Å². The zero-order valence-electron chi connectivity index (χ0n) is 9.30. The third-order valence-electron chi connectivity index (χ3n) is 3.64. The van der Waals surface area contributed by atoms with E-state index in [1.807, 2.05) is 11.9 Å². The summed E-state index contributed by atoms with van der Waals surface area (Å²) in [5, 5.41) is 0. The second-order valence-corrected chi connectivity index (χ2v) is 5.96. The number of carbonyl (C=O) groups is 1. The van der Waals surface area contributed by atoms with Crippen LogP contribution in [0.25, 0.3) is 0 Å². The van der Waals surface area contributed by atoms with Crippen molar-refractivity contribution in [2.24, 2.45) is 17.8 Å². The number of piperidine rings is 1. The molecule has 3 heteroatoms. The van der Waals surface area contributed by atoms with E-state index in [1.54, 1.807) is 0 Å². The van der Waals surface area contributed by atoms with Crippen LogP contribution in [0.1, 0.15) is 5.56 Å². The van der Waals surface area contributed by atoms with Gasteiger partial charge in [-0.1, -0.05) is 17.7 Å². The first-order valence-electron chi connectivity index (χ1n) is 5.73. The molecule has 0 spiro atoms. The Labute approximate surface area is 100 Å². The van der Waals surface area contributed by atoms with Gasteiger partial charge in [0.15, 0.2) is 0 Å². The molecule has 1 heterocycles. The lowest BCUT2D eigenvalue weighted by atomic mass is 10.2. The Morgan fingerprint density at radius 3 is 2.44 bits per heavy atom. The number of aryl methyl sites for hydroxylation is 1. The molecule has 0 N–H and O–H groups in total. The van der Waals surface area contributed by atoms with Crippen LogP contribution in [0.5, 0.6) is 0 Å². The predicted octanol–water partition coefficient (Wildman–Crippen LogP) is 2.38. The number of hydrogen-bond donors (Lipinski definition) is 0. The largest absolute Gasteiger partial charge is 0.303 e. The highest BCUT2D eigenvalue weighted by Crippen LogP contribution is 2.52. The SMILES string of the molecule is Cc1ccc(SN2CC3C(C=O)C3C2)cc1. The van der Waals surface area contributed by atoms with E-state index in [-0.39, 0.29) is 0 Å². The molecule has 2 nitrogen and oxygen atoms in total. The first-order valence-corrected chi connectivity index (χ1v) is 6.50. The van der Waals surface area contributed by atoms with Gasteiger partial charge in [0.25, 0.3) is 0 Å². The average molecular weight is 233 g/mol. The molecule has 0 aromatic heterocycles. The van der Waals surface area contributed by atoms with Gasteiger partial charge in [0.05, 0.1) is 0 Å². The minimum Gasteiger partial charge on any atom is -0.303 e. The first-order chi connectivity index (χ1) is 7.78. The second kappa shape index (κ2) is 3.90. The van der Waals surface area contributed by atoms with Gasteiger partial charge in [-0.05, 0) is 42.8 Å². The lowest BCUT2D eigenvalue weighted by Gasteiger charge is -2.16. The van der Waals surface area contributed by atoms with Gasteiger partial charge in [-0.15, -0.1) is 0 Å². The van der Waals surface area contributed by atoms with Crippen molar-refractivity contribution in [1.29, 1.82) is 0 Å². The zero-order valence-corrected chi connectivity index (χ0v) is 10.1. The number of benzene rings is 1. The maximum Gasteiger partial charge on any atom is 0.123 e. The third-order valence-corrected chi connectivity index (χ3v) is 4.68. The standard InChI is InChI=1S/C13H15NOS/c1-9-2-4-10(5-3-9)16-14-6-11-12(7-14)13(11)8-15/h2-5,8,11-13H,6-7H2,1H3. The van der Waals surface area contributed by atoms with Crippen molar-refractivity contribution in [1.82, 2.24) is 4.31 Å². The molecule has 84 valence electrons. The Kier molecular flexibility index (Phi) is 2.52. The Hall–Kier alpha value is -0.800. The molecule has 2 aliphatic rings. The van der Waals surface area contributed by atoms with Gasteiger partial charge < -0.3 is 4.79 Å². The van der Waals surface area contributed by atoms with Crippen LogP contribution in [0.15, 0.2) is 29.2 Å². The van der Waals surface area contributed by atoms with Crippen LogP contribution in [-0.2, 0) is 4.79 Å². The monoisotopic (exact) mass is 233 g/mol. The molecule has 1 aromatic carbocycles. The van der Waals surface area contributed by atoms with Crippen LogP contribution in [0.2, 0.25) is 0 Å². The minimum absolute atomic E-state index is 0.370. The number of aldehydes is 1. The zero-order chi connectivity index (χ0) is 11.1. The van der Waals surface area contributed by atoms with Gasteiger partial charge in [0, 0.05) is 23.9 Å². The number of fused-ring (bicyclic) bond motifs is 1. The highest BCUT2D eigenvalue weighted by molar-refractivity contribution is 7.97. The summed E-state index contributed by atoms with van der Waals surface area (Å²) in [4.78, 5) is 12.0. The Morgan fingerprint density at radius 1 is 1.25 bits per heavy atom. The second-order valence-electron chi connectivity index (χ2n) is 4.79. The Bertz CT molecular complexity index is 391. The van der Waals surface area contributed by atoms with Crippen LogP contribution in [0, 0.1) is 24.7 Å². The maximum atomic E-state index is 10.7. The molecule has 1 saturated carbocycles. The van der Waals surface area contributed by atoms with Crippen molar-refractivity contribution in [3.05, 3.63) is 29.8 Å². The van der Waals surface area contributed by atoms with Crippen LogP contribution in [-0.4, -0.2) is 23.7 Å². The molecule has 1 aromatic rings. The van der Waals surface area contributed by atoms with Crippen molar-refractivity contribution in [3.8, 4) is 0 Å². The average Bonchev–Trinajstić information content (AvgIpc) is 2.76. The molecule has 16 heavy (non-hydrogen) atoms. The van der Waals surface area contributed by atoms with E-state index in [1.165, 1.54) is 10.5 Å². The van der Waals surface area contributed by atoms with Gasteiger partial charge in [0.2, 0.25) is 0 Å². The van der Waals surface area contributed by atoms with Crippen molar-refractivity contribution >= 4 is 18.2 Å². The van der Waals surface area contributed by atoms with Gasteiger partial charge in [-0.25, -0.2) is 4.31 Å². The van der Waals surface area contributed by atoms with Crippen molar-refractivity contribution in [2.45, 2.75) is 11.8 Å². The third kappa shape index (κ3) is 1.78. The van der Waals surface area contributed by atoms with Crippen LogP contribution < -0.4 is 0 Å². The number of hydrogen-bond acceptors (Lipinski definition) is 3. The van der Waals surface area contributed by atoms with E-state index in [4.69, 9.17) is 0 Å². The van der Waals surface area contributed by atoms with Gasteiger partial charge >= 0.3 is 0 Å². The summed E-state index contributed by atoms with van der Waals surface area (Å²) in [6.07, 6.45) is 1.14. The van der Waals surface area contributed by atoms with Gasteiger partial charge in [-0.3, -0.25) is 0 Å². The molecular weight excluding hydrogens is 218 g/mol. The lowest BCUT2D eigenvalue weighted by molar-refractivity contribution is -0.109. The molecule has 1 saturated heterocycles. The van der Waals surface area contributed by atoms with E-state index in [9.17, 15) is 4.79 Å². The molecular formula is C13H15NOS. The topological polar surface area (TPSA) is 20.3 Å². The molecule has 2 atom stereocenters. The molecule has 3 rings (SSSR count). The summed E-state index contributed by atoms with van der Waals surface area (Å²) in [7, 11) is 0. The van der Waals surface area contributed by atoms with Crippen LogP contribution >= 0.6 is 11.9 Å². The minimum atomic E-state index is 0.370. The van der Waals surface area contributed by atoms with E-state index in [0.29, 0.717) is 17.8 Å². The number of rotatable bonds is 3. The fourth-order valence-electron chi connectivity index (χ4n) is 2.56. The highest BCUT2D eigenvalue weighted by Gasteiger charge is 2.55. The molecule has 1 aliphatic carbocycles. The number of carbonyl (C=O) groups excluding carboxylic acids is 1. The summed E-state index contributed by atoms with van der Waals surface area (Å²) in [6.45, 7) is 4.26. The Morgan fingerprint density at radius 2 is 1.88 bits per heavy atom. The first kappa shape index (κ1) is 10.4. The van der Waals surface area contributed by atoms with Gasteiger partial charge in [0.1, 0.15) is 6.29 Å². The van der Waals surface area contributed by atoms with E-state index < -0.39 is 0 Å². The summed E-state index contributed by atoms with van der Waals surface area (Å²) < 4.78 is 2.39. The van der Waals surface area contributed by atoms with E-state index in [2.05, 4.69) is 35.5 Å².